The van der Waals surface area contributed by atoms with Crippen LogP contribution in [0.25, 0.3) is 0 Å². The van der Waals surface area contributed by atoms with Gasteiger partial charge in [0, 0.05) is 0 Å². The quantitative estimate of drug-likeness (QED) is 0.301. The summed E-state index contributed by atoms with van der Waals surface area (Å²) in [6.45, 7) is -0.394. The minimum atomic E-state index is -1.82. The summed E-state index contributed by atoms with van der Waals surface area (Å²) in [6, 6.07) is 0. The zero-order chi connectivity index (χ0) is 11.6. The zero-order valence-corrected chi connectivity index (χ0v) is 8.00. The van der Waals surface area contributed by atoms with Crippen LogP contribution in [-0.4, -0.2) is 56.0 Å². The number of aliphatic carboxylic acids is 1. The van der Waals surface area contributed by atoms with Crippen molar-refractivity contribution in [2.75, 3.05) is 6.54 Å². The molecule has 0 aromatic heterocycles. The smallest absolute Gasteiger partial charge is 0.306 e. The van der Waals surface area contributed by atoms with Crippen LogP contribution in [0.5, 0.6) is 0 Å². The summed E-state index contributed by atoms with van der Waals surface area (Å²) in [7, 11) is 0. The average Bonchev–Trinajstić information content (AvgIpc) is 2.14. The average molecular weight is 221 g/mol. The molecule has 1 rings (SSSR count). The zero-order valence-electron chi connectivity index (χ0n) is 8.00. The van der Waals surface area contributed by atoms with Crippen molar-refractivity contribution in [3.05, 3.63) is 0 Å². The van der Waals surface area contributed by atoms with Crippen LogP contribution in [0.1, 0.15) is 12.8 Å². The van der Waals surface area contributed by atoms with Gasteiger partial charge in [-0.3, -0.25) is 4.79 Å². The van der Waals surface area contributed by atoms with Gasteiger partial charge in [0.2, 0.25) is 0 Å². The molecule has 7 nitrogen and oxygen atoms in total. The number of carboxylic acid groups (broad SMARTS) is 1. The van der Waals surface area contributed by atoms with Gasteiger partial charge in [-0.05, 0) is 12.8 Å². The highest BCUT2D eigenvalue weighted by atomic mass is 16.5. The first kappa shape index (κ1) is 12.3. The summed E-state index contributed by atoms with van der Waals surface area (Å²) in [5, 5.41) is 45.9. The normalized spacial score (nSPS) is 41.5. The lowest BCUT2D eigenvalue weighted by Gasteiger charge is -2.41. The van der Waals surface area contributed by atoms with E-state index in [1.165, 1.54) is 0 Å². The Morgan fingerprint density at radius 1 is 1.47 bits per heavy atom. The molecular weight excluding hydrogens is 206 g/mol. The fraction of sp³-hybridized carbons (Fsp3) is 0.875. The Kier molecular flexibility index (Phi) is 3.63. The van der Waals surface area contributed by atoms with Gasteiger partial charge in [0.1, 0.15) is 11.7 Å². The molecule has 1 aliphatic rings. The summed E-state index contributed by atoms with van der Waals surface area (Å²) in [6.07, 6.45) is -3.09. The molecule has 0 amide bonds. The van der Waals surface area contributed by atoms with Gasteiger partial charge in [0.15, 0.2) is 0 Å². The van der Waals surface area contributed by atoms with Crippen LogP contribution in [0.3, 0.4) is 0 Å². The third kappa shape index (κ3) is 2.44. The van der Waals surface area contributed by atoms with Crippen LogP contribution in [0.15, 0.2) is 0 Å². The molecule has 0 aromatic carbocycles. The number of aliphatic hydroxyl groups excluding tert-OH is 2. The van der Waals surface area contributed by atoms with E-state index in [-0.39, 0.29) is 12.8 Å². The van der Waals surface area contributed by atoms with Crippen molar-refractivity contribution in [1.82, 2.24) is 5.48 Å². The molecule has 7 heteroatoms. The summed E-state index contributed by atoms with van der Waals surface area (Å²) >= 11 is 0. The molecule has 0 aromatic rings. The summed E-state index contributed by atoms with van der Waals surface area (Å²) in [5.41, 5.74) is -0.150. The molecule has 0 saturated heterocycles. The van der Waals surface area contributed by atoms with Gasteiger partial charge in [0.05, 0.1) is 18.6 Å². The lowest BCUT2D eigenvalue weighted by Crippen LogP contribution is -2.59. The molecule has 0 bridgehead atoms. The first-order chi connectivity index (χ1) is 6.90. The Balaban J connectivity index is 2.80. The van der Waals surface area contributed by atoms with E-state index >= 15 is 0 Å². The molecule has 0 heterocycles. The summed E-state index contributed by atoms with van der Waals surface area (Å²) < 4.78 is 0. The predicted molar refractivity (Wildman–Crippen MR) is 47.1 cm³/mol. The SMILES string of the molecule is O=C(O)[C@H]1C[C@@H](O)[C@H](O)[C@@](O)(CNO)C1. The van der Waals surface area contributed by atoms with Crippen molar-refractivity contribution in [2.24, 2.45) is 5.92 Å². The molecule has 88 valence electrons. The first-order valence-corrected chi connectivity index (χ1v) is 4.59. The van der Waals surface area contributed by atoms with E-state index < -0.39 is 36.2 Å². The van der Waals surface area contributed by atoms with Crippen molar-refractivity contribution >= 4 is 5.97 Å². The van der Waals surface area contributed by atoms with Gasteiger partial charge in [-0.2, -0.15) is 0 Å². The number of carbonyl (C=O) groups is 1. The molecule has 0 spiro atoms. The number of rotatable bonds is 3. The van der Waals surface area contributed by atoms with E-state index in [0.717, 1.165) is 0 Å². The second kappa shape index (κ2) is 4.42. The maximum atomic E-state index is 10.7. The van der Waals surface area contributed by atoms with Gasteiger partial charge in [-0.15, -0.1) is 0 Å². The molecule has 1 aliphatic carbocycles. The molecule has 1 saturated carbocycles. The van der Waals surface area contributed by atoms with E-state index in [0.29, 0.717) is 0 Å². The first-order valence-electron chi connectivity index (χ1n) is 4.59. The third-order valence-corrected chi connectivity index (χ3v) is 2.78. The van der Waals surface area contributed by atoms with Crippen molar-refractivity contribution in [3.63, 3.8) is 0 Å². The van der Waals surface area contributed by atoms with E-state index in [1.807, 2.05) is 0 Å². The molecule has 6 N–H and O–H groups in total. The molecule has 15 heavy (non-hydrogen) atoms. The molecule has 4 atom stereocenters. The van der Waals surface area contributed by atoms with Crippen LogP contribution in [0.4, 0.5) is 0 Å². The predicted octanol–water partition coefficient (Wildman–Crippen LogP) is -2.09. The van der Waals surface area contributed by atoms with E-state index in [9.17, 15) is 20.1 Å². The van der Waals surface area contributed by atoms with Crippen molar-refractivity contribution < 1.29 is 30.4 Å². The van der Waals surface area contributed by atoms with Gasteiger partial charge < -0.3 is 25.6 Å². The maximum absolute atomic E-state index is 10.7. The number of aliphatic hydroxyl groups is 3. The highest BCUT2D eigenvalue weighted by Crippen LogP contribution is 2.32. The number of hydrogen-bond donors (Lipinski definition) is 6. The second-order valence-corrected chi connectivity index (χ2v) is 3.93. The van der Waals surface area contributed by atoms with Crippen LogP contribution >= 0.6 is 0 Å². The number of hydrogen-bond acceptors (Lipinski definition) is 6. The van der Waals surface area contributed by atoms with Crippen LogP contribution in [0, 0.1) is 5.92 Å². The monoisotopic (exact) mass is 221 g/mol. The highest BCUT2D eigenvalue weighted by Gasteiger charge is 2.48. The molecule has 1 fully saturated rings. The van der Waals surface area contributed by atoms with Crippen LogP contribution in [0.2, 0.25) is 0 Å². The lowest BCUT2D eigenvalue weighted by molar-refractivity contribution is -0.181. The fourth-order valence-electron chi connectivity index (χ4n) is 1.91. The Morgan fingerprint density at radius 3 is 2.53 bits per heavy atom. The summed E-state index contributed by atoms with van der Waals surface area (Å²) in [5.74, 6) is -2.07. The third-order valence-electron chi connectivity index (χ3n) is 2.78. The Morgan fingerprint density at radius 2 is 2.07 bits per heavy atom. The van der Waals surface area contributed by atoms with Gasteiger partial charge in [-0.25, -0.2) is 5.48 Å². The van der Waals surface area contributed by atoms with E-state index in [2.05, 4.69) is 0 Å². The Labute approximate surface area is 85.9 Å². The fourth-order valence-corrected chi connectivity index (χ4v) is 1.91. The number of carboxylic acids is 1. The van der Waals surface area contributed by atoms with Gasteiger partial charge in [-0.1, -0.05) is 0 Å². The topological polar surface area (TPSA) is 130 Å². The van der Waals surface area contributed by atoms with Crippen molar-refractivity contribution in [3.8, 4) is 0 Å². The number of hydroxylamine groups is 1. The lowest BCUT2D eigenvalue weighted by atomic mass is 9.74. The van der Waals surface area contributed by atoms with Crippen molar-refractivity contribution in [1.29, 1.82) is 0 Å². The van der Waals surface area contributed by atoms with E-state index in [1.54, 1.807) is 5.48 Å². The van der Waals surface area contributed by atoms with Crippen LogP contribution < -0.4 is 5.48 Å². The van der Waals surface area contributed by atoms with Crippen molar-refractivity contribution in [2.45, 2.75) is 30.7 Å². The minimum Gasteiger partial charge on any atom is -0.481 e. The molecular formula is C8H15NO6. The highest BCUT2D eigenvalue weighted by molar-refractivity contribution is 5.70. The Hall–Kier alpha value is -0.730. The second-order valence-electron chi connectivity index (χ2n) is 3.93. The Bertz CT molecular complexity index is 247. The number of nitrogens with one attached hydrogen (secondary N) is 1. The largest absolute Gasteiger partial charge is 0.481 e. The van der Waals surface area contributed by atoms with Gasteiger partial charge >= 0.3 is 5.97 Å². The summed E-state index contributed by atoms with van der Waals surface area (Å²) in [4.78, 5) is 10.7. The molecule has 0 aliphatic heterocycles. The minimum absolute atomic E-state index is 0.107. The maximum Gasteiger partial charge on any atom is 0.306 e. The van der Waals surface area contributed by atoms with Crippen LogP contribution in [-0.2, 0) is 4.79 Å². The standard InChI is InChI=1S/C8H15NO6/c10-5-1-4(7(12)13)2-8(14,3-9-15)6(5)11/h4-6,9-11,14-15H,1-3H2,(H,12,13)/t4-,5+,6-,8-/m0/s1. The van der Waals surface area contributed by atoms with Gasteiger partial charge in [0.25, 0.3) is 0 Å². The van der Waals surface area contributed by atoms with E-state index in [4.69, 9.17) is 10.3 Å². The molecule has 0 unspecified atom stereocenters. The molecule has 0 radical (unpaired) electrons.